The Morgan fingerprint density at radius 3 is 1.90 bits per heavy atom. The lowest BCUT2D eigenvalue weighted by molar-refractivity contribution is 0.834. The molecule has 186 valence electrons. The van der Waals surface area contributed by atoms with Crippen molar-refractivity contribution < 1.29 is 0 Å². The number of hydrogen-bond donors (Lipinski definition) is 0. The third-order valence-corrected chi connectivity index (χ3v) is 7.66. The van der Waals surface area contributed by atoms with Crippen LogP contribution in [0.3, 0.4) is 0 Å². The van der Waals surface area contributed by atoms with E-state index in [1.807, 2.05) is 11.6 Å². The Balaban J connectivity index is 1.46. The van der Waals surface area contributed by atoms with Gasteiger partial charge >= 0.3 is 0 Å². The van der Waals surface area contributed by atoms with Crippen molar-refractivity contribution >= 4 is 43.7 Å². The summed E-state index contributed by atoms with van der Waals surface area (Å²) in [7, 11) is 0. The van der Waals surface area contributed by atoms with Crippen LogP contribution >= 0.6 is 0 Å². The zero-order chi connectivity index (χ0) is 26.1. The molecule has 0 bridgehead atoms. The minimum absolute atomic E-state index is 0.888. The molecular formula is C34H25N5. The van der Waals surface area contributed by atoms with Crippen LogP contribution in [0.1, 0.15) is 11.4 Å². The standard InChI is InChI=1S/C34H25N5/c1-22-20-23(2)39(36-22)25-16-17-28-26-12-6-9-15-31(26)38(32(28)21-25)33-19-18-29-27-13-7-8-14-30(27)37(34(29)35-33)24-10-4-3-5-11-24/h3-21H,1-2H3. The highest BCUT2D eigenvalue weighted by atomic mass is 15.3. The Hall–Kier alpha value is -5.16. The van der Waals surface area contributed by atoms with E-state index in [4.69, 9.17) is 10.1 Å². The van der Waals surface area contributed by atoms with Crippen molar-refractivity contribution in [3.05, 3.63) is 127 Å². The van der Waals surface area contributed by atoms with Crippen LogP contribution in [0.15, 0.2) is 115 Å². The van der Waals surface area contributed by atoms with Crippen LogP contribution in [0.25, 0.3) is 60.9 Å². The number of benzene rings is 4. The monoisotopic (exact) mass is 503 g/mol. The van der Waals surface area contributed by atoms with Crippen LogP contribution in [0, 0.1) is 13.8 Å². The molecule has 4 aromatic heterocycles. The molecule has 39 heavy (non-hydrogen) atoms. The van der Waals surface area contributed by atoms with Gasteiger partial charge in [0.1, 0.15) is 11.5 Å². The Kier molecular flexibility index (Phi) is 4.58. The maximum atomic E-state index is 5.36. The molecule has 8 rings (SSSR count). The summed E-state index contributed by atoms with van der Waals surface area (Å²) in [6.45, 7) is 4.13. The van der Waals surface area contributed by atoms with Crippen LogP contribution in [-0.4, -0.2) is 23.9 Å². The molecule has 5 heteroatoms. The molecule has 0 aliphatic heterocycles. The van der Waals surface area contributed by atoms with E-state index in [-0.39, 0.29) is 0 Å². The summed E-state index contributed by atoms with van der Waals surface area (Å²) in [5.41, 5.74) is 8.59. The van der Waals surface area contributed by atoms with Gasteiger partial charge in [-0.25, -0.2) is 9.67 Å². The van der Waals surface area contributed by atoms with Crippen molar-refractivity contribution in [3.8, 4) is 17.2 Å². The first-order chi connectivity index (χ1) is 19.2. The number of fused-ring (bicyclic) bond motifs is 6. The number of nitrogens with zero attached hydrogens (tertiary/aromatic N) is 5. The second-order valence-corrected chi connectivity index (χ2v) is 10.1. The van der Waals surface area contributed by atoms with E-state index in [1.165, 1.54) is 16.2 Å². The van der Waals surface area contributed by atoms with Crippen LogP contribution < -0.4 is 0 Å². The summed E-state index contributed by atoms with van der Waals surface area (Å²) in [4.78, 5) is 5.36. The lowest BCUT2D eigenvalue weighted by Crippen LogP contribution is -2.02. The number of rotatable bonds is 3. The Bertz CT molecular complexity index is 2190. The summed E-state index contributed by atoms with van der Waals surface area (Å²) in [5, 5.41) is 9.48. The van der Waals surface area contributed by atoms with Crippen molar-refractivity contribution in [1.29, 1.82) is 0 Å². The van der Waals surface area contributed by atoms with E-state index >= 15 is 0 Å². The van der Waals surface area contributed by atoms with Gasteiger partial charge in [0.05, 0.1) is 27.9 Å². The van der Waals surface area contributed by atoms with Crippen molar-refractivity contribution in [2.75, 3.05) is 0 Å². The molecule has 0 spiro atoms. The van der Waals surface area contributed by atoms with Crippen LogP contribution in [0.5, 0.6) is 0 Å². The largest absolute Gasteiger partial charge is 0.294 e. The van der Waals surface area contributed by atoms with Gasteiger partial charge in [-0.05, 0) is 68.4 Å². The predicted octanol–water partition coefficient (Wildman–Crippen LogP) is 8.08. The number of pyridine rings is 1. The smallest absolute Gasteiger partial charge is 0.148 e. The fourth-order valence-corrected chi connectivity index (χ4v) is 6.02. The number of para-hydroxylation sites is 3. The maximum Gasteiger partial charge on any atom is 0.148 e. The normalized spacial score (nSPS) is 11.8. The van der Waals surface area contributed by atoms with Crippen LogP contribution in [-0.2, 0) is 0 Å². The van der Waals surface area contributed by atoms with Gasteiger partial charge in [-0.1, -0.05) is 60.7 Å². The Morgan fingerprint density at radius 1 is 0.513 bits per heavy atom. The molecule has 0 fully saturated rings. The van der Waals surface area contributed by atoms with Gasteiger partial charge < -0.3 is 0 Å². The molecule has 0 aliphatic carbocycles. The van der Waals surface area contributed by atoms with E-state index in [0.29, 0.717) is 0 Å². The molecular weight excluding hydrogens is 478 g/mol. The van der Waals surface area contributed by atoms with Crippen LogP contribution in [0.2, 0.25) is 0 Å². The quantitative estimate of drug-likeness (QED) is 0.245. The number of hydrogen-bond acceptors (Lipinski definition) is 2. The van der Waals surface area contributed by atoms with E-state index in [1.54, 1.807) is 0 Å². The summed E-state index contributed by atoms with van der Waals surface area (Å²) < 4.78 is 6.57. The third kappa shape index (κ3) is 3.20. The van der Waals surface area contributed by atoms with Crippen molar-refractivity contribution in [3.63, 3.8) is 0 Å². The van der Waals surface area contributed by atoms with Gasteiger partial charge in [0, 0.05) is 32.9 Å². The molecule has 4 heterocycles. The zero-order valence-electron chi connectivity index (χ0n) is 21.7. The SMILES string of the molecule is Cc1cc(C)n(-c2ccc3c4ccccc4n(-c4ccc5c6ccccc6n(-c6ccccc6)c5n4)c3c2)n1. The number of aryl methyl sites for hydroxylation is 2. The first kappa shape index (κ1) is 21.9. The Morgan fingerprint density at radius 2 is 1.15 bits per heavy atom. The highest BCUT2D eigenvalue weighted by Crippen LogP contribution is 2.35. The molecule has 4 aromatic carbocycles. The van der Waals surface area contributed by atoms with Gasteiger partial charge in [0.2, 0.25) is 0 Å². The lowest BCUT2D eigenvalue weighted by Gasteiger charge is -2.11. The molecule has 0 aliphatic rings. The summed E-state index contributed by atoms with van der Waals surface area (Å²) in [5.74, 6) is 0.888. The summed E-state index contributed by atoms with van der Waals surface area (Å²) in [6, 6.07) is 40.7. The van der Waals surface area contributed by atoms with Gasteiger partial charge in [0.15, 0.2) is 0 Å². The summed E-state index contributed by atoms with van der Waals surface area (Å²) >= 11 is 0. The van der Waals surface area contributed by atoms with Gasteiger partial charge in [-0.3, -0.25) is 9.13 Å². The zero-order valence-corrected chi connectivity index (χ0v) is 21.7. The van der Waals surface area contributed by atoms with Gasteiger partial charge in [-0.2, -0.15) is 5.10 Å². The van der Waals surface area contributed by atoms with Gasteiger partial charge in [0.25, 0.3) is 0 Å². The minimum Gasteiger partial charge on any atom is -0.294 e. The van der Waals surface area contributed by atoms with Crippen LogP contribution in [0.4, 0.5) is 0 Å². The summed E-state index contributed by atoms with van der Waals surface area (Å²) in [6.07, 6.45) is 0. The predicted molar refractivity (Wildman–Crippen MR) is 160 cm³/mol. The van der Waals surface area contributed by atoms with E-state index < -0.39 is 0 Å². The number of aromatic nitrogens is 5. The minimum atomic E-state index is 0.888. The average molecular weight is 504 g/mol. The first-order valence-electron chi connectivity index (χ1n) is 13.2. The molecule has 8 aromatic rings. The lowest BCUT2D eigenvalue weighted by atomic mass is 10.1. The van der Waals surface area contributed by atoms with E-state index in [0.717, 1.165) is 56.2 Å². The second kappa shape index (κ2) is 8.17. The molecule has 0 unspecified atom stereocenters. The Labute approximate surface area is 225 Å². The highest BCUT2D eigenvalue weighted by Gasteiger charge is 2.18. The van der Waals surface area contributed by atoms with Crippen molar-refractivity contribution in [1.82, 2.24) is 23.9 Å². The third-order valence-electron chi connectivity index (χ3n) is 7.66. The molecule has 0 saturated carbocycles. The van der Waals surface area contributed by atoms with Crippen molar-refractivity contribution in [2.24, 2.45) is 0 Å². The topological polar surface area (TPSA) is 40.6 Å². The first-order valence-corrected chi connectivity index (χ1v) is 13.2. The van der Waals surface area contributed by atoms with Crippen molar-refractivity contribution in [2.45, 2.75) is 13.8 Å². The van der Waals surface area contributed by atoms with Gasteiger partial charge in [-0.15, -0.1) is 0 Å². The molecule has 0 saturated heterocycles. The highest BCUT2D eigenvalue weighted by molar-refractivity contribution is 6.11. The molecule has 0 atom stereocenters. The van der Waals surface area contributed by atoms with E-state index in [2.05, 4.69) is 131 Å². The second-order valence-electron chi connectivity index (χ2n) is 10.1. The molecule has 0 radical (unpaired) electrons. The molecule has 0 amide bonds. The maximum absolute atomic E-state index is 5.36. The fourth-order valence-electron chi connectivity index (χ4n) is 6.02. The average Bonchev–Trinajstić information content (AvgIpc) is 3.61. The molecule has 5 nitrogen and oxygen atoms in total. The fraction of sp³-hybridized carbons (Fsp3) is 0.0588. The van der Waals surface area contributed by atoms with E-state index in [9.17, 15) is 0 Å². The molecule has 0 N–H and O–H groups in total.